The van der Waals surface area contributed by atoms with Crippen molar-refractivity contribution in [3.05, 3.63) is 388 Å². The fourth-order valence-electron chi connectivity index (χ4n) is 19.3. The summed E-state index contributed by atoms with van der Waals surface area (Å²) >= 11 is 5.67. The van der Waals surface area contributed by atoms with Crippen molar-refractivity contribution < 1.29 is 4.42 Å². The number of para-hydroxylation sites is 8. The van der Waals surface area contributed by atoms with Crippen molar-refractivity contribution in [2.45, 2.75) is 0 Å². The molecule has 0 spiro atoms. The molecule has 8 aromatic heterocycles. The molecule has 5 nitrogen and oxygen atoms in total. The van der Waals surface area contributed by atoms with Gasteiger partial charge in [0.2, 0.25) is 0 Å². The molecule has 0 bridgehead atoms. The molecule has 8 heteroatoms. The Kier molecular flexibility index (Phi) is 14.4. The zero-order valence-corrected chi connectivity index (χ0v) is 64.8. The second-order valence-corrected chi connectivity index (χ2v) is 33.6. The van der Waals surface area contributed by atoms with Gasteiger partial charge in [0.05, 0.1) is 44.1 Å². The van der Waals surface area contributed by atoms with Crippen LogP contribution >= 0.6 is 34.0 Å². The smallest absolute Gasteiger partial charge is 0.143 e. The highest BCUT2D eigenvalue weighted by Crippen LogP contribution is 2.51. The van der Waals surface area contributed by atoms with Gasteiger partial charge in [0.1, 0.15) is 11.2 Å². The van der Waals surface area contributed by atoms with Gasteiger partial charge in [-0.05, 0) is 144 Å². The molecule has 18 aromatic carbocycles. The molecule has 0 amide bonds. The first-order valence-corrected chi connectivity index (χ1v) is 42.0. The SMILES string of the molecule is c1ccc(-n2c3ccccc3c3ccc(-c4cccc5c4c4ccccc4n5-c4cc(-c5cccc6c5oc5ccccc56)c5sc6ccccc6c5c4)cc32)cc1.c1ccc(-n2c3ccccc3c3ccc(-c4cccc5c4c4ccccc4n5-c4cc(-c5cccc6c5sc5ccccc56)c5sc6ccccc6c5c4)cc32)cc1. The van der Waals surface area contributed by atoms with Gasteiger partial charge >= 0.3 is 0 Å². The summed E-state index contributed by atoms with van der Waals surface area (Å²) in [5.41, 5.74) is 25.8. The lowest BCUT2D eigenvalue weighted by Gasteiger charge is -2.13. The topological polar surface area (TPSA) is 32.9 Å². The first kappa shape index (κ1) is 65.2. The lowest BCUT2D eigenvalue weighted by atomic mass is 9.98. The average molecular weight is 1530 g/mol. The van der Waals surface area contributed by atoms with Gasteiger partial charge in [-0.2, -0.15) is 0 Å². The predicted octanol–water partition coefficient (Wildman–Crippen LogP) is 31.4. The quantitative estimate of drug-likeness (QED) is 0.149. The Bertz CT molecular complexity index is 8110. The summed E-state index contributed by atoms with van der Waals surface area (Å²) in [6.45, 7) is 0. The molecule has 8 heterocycles. The van der Waals surface area contributed by atoms with Crippen molar-refractivity contribution in [1.82, 2.24) is 18.3 Å². The van der Waals surface area contributed by atoms with Crippen LogP contribution in [0.25, 0.3) is 237 Å². The van der Waals surface area contributed by atoms with Crippen LogP contribution in [0.2, 0.25) is 0 Å². The summed E-state index contributed by atoms with van der Waals surface area (Å²) in [6, 6.07) is 143. The number of benzene rings is 18. The average Bonchev–Trinajstić information content (AvgIpc) is 1.56. The third-order valence-corrected chi connectivity index (χ3v) is 27.9. The molecule has 0 aliphatic carbocycles. The molecule has 0 aliphatic heterocycles. The van der Waals surface area contributed by atoms with E-state index in [4.69, 9.17) is 4.42 Å². The minimum Gasteiger partial charge on any atom is -0.455 e. The summed E-state index contributed by atoms with van der Waals surface area (Å²) in [5.74, 6) is 0. The Morgan fingerprint density at radius 1 is 0.181 bits per heavy atom. The van der Waals surface area contributed by atoms with Crippen LogP contribution < -0.4 is 0 Å². The normalized spacial score (nSPS) is 12.1. The molecule has 116 heavy (non-hydrogen) atoms. The van der Waals surface area contributed by atoms with Gasteiger partial charge in [-0.15, -0.1) is 34.0 Å². The minimum atomic E-state index is 0.908. The zero-order valence-electron chi connectivity index (χ0n) is 62.4. The third kappa shape index (κ3) is 9.73. The Hall–Kier alpha value is -14.4. The Labute approximate surface area is 676 Å². The highest BCUT2D eigenvalue weighted by atomic mass is 32.1. The van der Waals surface area contributed by atoms with Gasteiger partial charge in [0, 0.05) is 159 Å². The summed E-state index contributed by atoms with van der Waals surface area (Å²) < 4.78 is 24.3. The van der Waals surface area contributed by atoms with Gasteiger partial charge < -0.3 is 22.7 Å². The number of hydrogen-bond donors (Lipinski definition) is 0. The van der Waals surface area contributed by atoms with E-state index in [1.165, 1.54) is 198 Å². The van der Waals surface area contributed by atoms with Gasteiger partial charge in [-0.1, -0.05) is 267 Å². The maximum atomic E-state index is 6.68. The first-order chi connectivity index (χ1) is 57.6. The summed E-state index contributed by atoms with van der Waals surface area (Å²) in [5, 5.41) is 20.1. The molecule has 0 atom stereocenters. The minimum absolute atomic E-state index is 0.908. The summed E-state index contributed by atoms with van der Waals surface area (Å²) in [7, 11) is 0. The monoisotopic (exact) mass is 1530 g/mol. The molecule has 26 rings (SSSR count). The number of fused-ring (bicyclic) bond motifs is 24. The largest absolute Gasteiger partial charge is 0.455 e. The van der Waals surface area contributed by atoms with Crippen LogP contribution in [0, 0.1) is 0 Å². The highest BCUT2D eigenvalue weighted by molar-refractivity contribution is 7.27. The maximum Gasteiger partial charge on any atom is 0.143 e. The molecular weight excluding hydrogens is 1470 g/mol. The maximum absolute atomic E-state index is 6.68. The Morgan fingerprint density at radius 2 is 0.517 bits per heavy atom. The van der Waals surface area contributed by atoms with E-state index >= 15 is 0 Å². The van der Waals surface area contributed by atoms with Crippen molar-refractivity contribution in [2.75, 3.05) is 0 Å². The third-order valence-electron chi connectivity index (χ3n) is 24.2. The van der Waals surface area contributed by atoms with Crippen molar-refractivity contribution in [1.29, 1.82) is 0 Å². The van der Waals surface area contributed by atoms with E-state index in [1.54, 1.807) is 0 Å². The molecule has 0 radical (unpaired) electrons. The molecular formula is C108H64N4OS3. The Morgan fingerprint density at radius 3 is 1.02 bits per heavy atom. The molecule has 0 fully saturated rings. The van der Waals surface area contributed by atoms with Crippen LogP contribution in [0.4, 0.5) is 0 Å². The van der Waals surface area contributed by atoms with Crippen molar-refractivity contribution in [2.24, 2.45) is 0 Å². The van der Waals surface area contributed by atoms with E-state index in [1.807, 2.05) is 40.1 Å². The van der Waals surface area contributed by atoms with E-state index in [0.29, 0.717) is 0 Å². The summed E-state index contributed by atoms with van der Waals surface area (Å²) in [6.07, 6.45) is 0. The first-order valence-electron chi connectivity index (χ1n) is 39.5. The fourth-order valence-corrected chi connectivity index (χ4v) is 22.9. The standard InChI is InChI=1S/C54H32N2OS.C54H32N2S2/c2*1-2-14-34(15-3-1)55-46-23-8-4-16-37(46)38-29-28-33(30-49(38)55)36-20-13-25-48-52(36)43-19-5-9-24-47(43)56(48)35-31-44-40-18-7-11-27-51(40)58-54(44)45(32-35)42-22-12-21-41-39-17-6-10-26-50(39)57-53(41)42/h2*1-32H. The predicted molar refractivity (Wildman–Crippen MR) is 498 cm³/mol. The molecule has 0 saturated carbocycles. The fraction of sp³-hybridized carbons (Fsp3) is 0. The van der Waals surface area contributed by atoms with Crippen LogP contribution in [0.15, 0.2) is 393 Å². The van der Waals surface area contributed by atoms with E-state index in [-0.39, 0.29) is 0 Å². The Balaban J connectivity index is 0.000000130. The van der Waals surface area contributed by atoms with Gasteiger partial charge in [-0.25, -0.2) is 0 Å². The van der Waals surface area contributed by atoms with Gasteiger partial charge in [0.15, 0.2) is 0 Å². The number of hydrogen-bond acceptors (Lipinski definition) is 4. The highest BCUT2D eigenvalue weighted by Gasteiger charge is 2.26. The van der Waals surface area contributed by atoms with E-state index < -0.39 is 0 Å². The van der Waals surface area contributed by atoms with Crippen molar-refractivity contribution in [3.63, 3.8) is 0 Å². The van der Waals surface area contributed by atoms with Crippen molar-refractivity contribution in [3.8, 4) is 67.3 Å². The number of thiophene rings is 3. The summed E-state index contributed by atoms with van der Waals surface area (Å²) in [4.78, 5) is 0. The second-order valence-electron chi connectivity index (χ2n) is 30.4. The second kappa shape index (κ2) is 25.6. The van der Waals surface area contributed by atoms with Gasteiger partial charge in [0.25, 0.3) is 0 Å². The number of rotatable bonds is 8. The molecule has 0 saturated heterocycles. The van der Waals surface area contributed by atoms with Crippen LogP contribution in [0.1, 0.15) is 0 Å². The van der Waals surface area contributed by atoms with Crippen LogP contribution in [0.5, 0.6) is 0 Å². The molecule has 0 N–H and O–H groups in total. The zero-order chi connectivity index (χ0) is 75.8. The van der Waals surface area contributed by atoms with E-state index in [9.17, 15) is 0 Å². The molecule has 0 unspecified atom stereocenters. The van der Waals surface area contributed by atoms with E-state index in [2.05, 4.69) is 400 Å². The number of aromatic nitrogens is 4. The lowest BCUT2D eigenvalue weighted by Crippen LogP contribution is -1.95. The number of nitrogens with zero attached hydrogens (tertiary/aromatic N) is 4. The van der Waals surface area contributed by atoms with Gasteiger partial charge in [-0.3, -0.25) is 0 Å². The van der Waals surface area contributed by atoms with Crippen LogP contribution in [-0.4, -0.2) is 18.3 Å². The number of furan rings is 1. The van der Waals surface area contributed by atoms with E-state index in [0.717, 1.165) is 38.9 Å². The molecule has 26 aromatic rings. The van der Waals surface area contributed by atoms with Crippen LogP contribution in [-0.2, 0) is 0 Å². The van der Waals surface area contributed by atoms with Crippen molar-refractivity contribution >= 4 is 204 Å². The molecule has 0 aliphatic rings. The molecule has 540 valence electrons. The van der Waals surface area contributed by atoms with Crippen LogP contribution in [0.3, 0.4) is 0 Å². The lowest BCUT2D eigenvalue weighted by molar-refractivity contribution is 0.670.